The fourth-order valence-corrected chi connectivity index (χ4v) is 3.84. The third-order valence-corrected chi connectivity index (χ3v) is 5.37. The van der Waals surface area contributed by atoms with E-state index in [9.17, 15) is 0 Å². The first-order valence-corrected chi connectivity index (χ1v) is 9.28. The molecule has 0 amide bonds. The number of benzene rings is 1. The van der Waals surface area contributed by atoms with Crippen LogP contribution in [0.1, 0.15) is 45.7 Å². The van der Waals surface area contributed by atoms with Crippen LogP contribution in [-0.2, 0) is 17.4 Å². The smallest absolute Gasteiger partial charge is 0.137 e. The molecule has 0 spiro atoms. The highest BCUT2D eigenvalue weighted by Crippen LogP contribution is 2.33. The lowest BCUT2D eigenvalue weighted by Crippen LogP contribution is -2.24. The predicted molar refractivity (Wildman–Crippen MR) is 110 cm³/mol. The summed E-state index contributed by atoms with van der Waals surface area (Å²) in [5, 5.41) is 2.53. The summed E-state index contributed by atoms with van der Waals surface area (Å²) in [6, 6.07) is 13.3. The Morgan fingerprint density at radius 3 is 2.62 bits per heavy atom. The van der Waals surface area contributed by atoms with Crippen LogP contribution in [0.4, 0.5) is 0 Å². The average molecular weight is 345 g/mol. The van der Waals surface area contributed by atoms with Gasteiger partial charge in [-0.05, 0) is 40.8 Å². The molecule has 4 rings (SSSR count). The van der Waals surface area contributed by atoms with E-state index in [4.69, 9.17) is 0 Å². The Morgan fingerprint density at radius 1 is 1.04 bits per heavy atom. The van der Waals surface area contributed by atoms with E-state index in [0.29, 0.717) is 0 Å². The number of aromatic amines is 1. The lowest BCUT2D eigenvalue weighted by Gasteiger charge is -2.26. The minimum atomic E-state index is -0.0118. The molecule has 0 unspecified atom stereocenters. The Bertz CT molecular complexity index is 1070. The Morgan fingerprint density at radius 2 is 1.85 bits per heavy atom. The summed E-state index contributed by atoms with van der Waals surface area (Å²) in [6.07, 6.45) is 6.18. The van der Waals surface area contributed by atoms with E-state index in [1.54, 1.807) is 0 Å². The molecule has 3 aromatic heterocycles. The molecule has 0 bridgehead atoms. The van der Waals surface area contributed by atoms with Crippen LogP contribution in [0.15, 0.2) is 55.0 Å². The molecule has 3 heterocycles. The van der Waals surface area contributed by atoms with Crippen LogP contribution >= 0.6 is 0 Å². The molecule has 0 aliphatic heterocycles. The summed E-state index contributed by atoms with van der Waals surface area (Å²) in [7, 11) is 0. The number of fused-ring (bicyclic) bond motifs is 2. The highest BCUT2D eigenvalue weighted by Gasteiger charge is 2.24. The SMILES string of the molecule is CC(C)(C)c1cccc2c1ccn2CC(C)(C)c1cnc2[nH]ccc2c1. The maximum absolute atomic E-state index is 4.58. The molecule has 0 aliphatic rings. The van der Waals surface area contributed by atoms with Gasteiger partial charge in [0.05, 0.1) is 0 Å². The maximum Gasteiger partial charge on any atom is 0.137 e. The molecule has 0 radical (unpaired) electrons. The van der Waals surface area contributed by atoms with Gasteiger partial charge in [0.25, 0.3) is 0 Å². The zero-order valence-corrected chi connectivity index (χ0v) is 16.3. The minimum absolute atomic E-state index is 0.0118. The second-order valence-corrected chi connectivity index (χ2v) is 8.96. The van der Waals surface area contributed by atoms with Gasteiger partial charge in [0, 0.05) is 46.8 Å². The molecule has 0 saturated carbocycles. The molecule has 4 aromatic rings. The van der Waals surface area contributed by atoms with Crippen LogP contribution in [0.5, 0.6) is 0 Å². The summed E-state index contributed by atoms with van der Waals surface area (Å²) < 4.78 is 2.38. The van der Waals surface area contributed by atoms with Gasteiger partial charge in [-0.3, -0.25) is 0 Å². The van der Waals surface area contributed by atoms with E-state index in [1.807, 2.05) is 12.4 Å². The molecule has 134 valence electrons. The quantitative estimate of drug-likeness (QED) is 0.501. The largest absolute Gasteiger partial charge is 0.347 e. The van der Waals surface area contributed by atoms with Crippen LogP contribution in [-0.4, -0.2) is 14.5 Å². The van der Waals surface area contributed by atoms with Gasteiger partial charge in [0.2, 0.25) is 0 Å². The van der Waals surface area contributed by atoms with Crippen molar-refractivity contribution < 1.29 is 0 Å². The van der Waals surface area contributed by atoms with Crippen LogP contribution < -0.4 is 0 Å². The van der Waals surface area contributed by atoms with Gasteiger partial charge in [-0.15, -0.1) is 0 Å². The summed E-state index contributed by atoms with van der Waals surface area (Å²) in [4.78, 5) is 7.75. The van der Waals surface area contributed by atoms with Gasteiger partial charge >= 0.3 is 0 Å². The molecular formula is C23H27N3. The number of H-pyrrole nitrogens is 1. The van der Waals surface area contributed by atoms with Crippen molar-refractivity contribution in [3.63, 3.8) is 0 Å². The molecule has 3 heteroatoms. The molecule has 1 aromatic carbocycles. The third-order valence-electron chi connectivity index (χ3n) is 5.37. The number of nitrogens with zero attached hydrogens (tertiary/aromatic N) is 2. The van der Waals surface area contributed by atoms with Crippen LogP contribution in [0, 0.1) is 0 Å². The standard InChI is InChI=1S/C23H27N3/c1-22(2,3)19-7-6-8-20-18(19)10-12-26(20)15-23(4,5)17-13-16-9-11-24-21(16)25-14-17/h6-14H,15H2,1-5H3,(H,24,25). The second kappa shape index (κ2) is 5.73. The number of hydrogen-bond donors (Lipinski definition) is 1. The van der Waals surface area contributed by atoms with E-state index in [0.717, 1.165) is 12.2 Å². The molecule has 0 aliphatic carbocycles. The van der Waals surface area contributed by atoms with Gasteiger partial charge in [0.15, 0.2) is 0 Å². The summed E-state index contributed by atoms with van der Waals surface area (Å²) in [5.41, 5.74) is 5.06. The molecule has 0 fully saturated rings. The van der Waals surface area contributed by atoms with Crippen molar-refractivity contribution in [3.05, 3.63) is 66.1 Å². The van der Waals surface area contributed by atoms with E-state index in [-0.39, 0.29) is 10.8 Å². The van der Waals surface area contributed by atoms with Gasteiger partial charge in [0.1, 0.15) is 5.65 Å². The zero-order valence-electron chi connectivity index (χ0n) is 16.3. The maximum atomic E-state index is 4.58. The van der Waals surface area contributed by atoms with Crippen molar-refractivity contribution in [2.24, 2.45) is 0 Å². The fraction of sp³-hybridized carbons (Fsp3) is 0.348. The van der Waals surface area contributed by atoms with Crippen molar-refractivity contribution in [1.29, 1.82) is 0 Å². The van der Waals surface area contributed by atoms with Crippen LogP contribution in [0.25, 0.3) is 21.9 Å². The van der Waals surface area contributed by atoms with Crippen LogP contribution in [0.2, 0.25) is 0 Å². The summed E-state index contributed by atoms with van der Waals surface area (Å²) in [6.45, 7) is 12.3. The summed E-state index contributed by atoms with van der Waals surface area (Å²) in [5.74, 6) is 0. The number of pyridine rings is 1. The second-order valence-electron chi connectivity index (χ2n) is 8.96. The Kier molecular flexibility index (Phi) is 3.72. The topological polar surface area (TPSA) is 33.6 Å². The predicted octanol–water partition coefficient (Wildman–Crippen LogP) is 5.79. The molecule has 1 N–H and O–H groups in total. The van der Waals surface area contributed by atoms with Gasteiger partial charge in [-0.1, -0.05) is 46.8 Å². The van der Waals surface area contributed by atoms with Crippen molar-refractivity contribution in [3.8, 4) is 0 Å². The van der Waals surface area contributed by atoms with Crippen molar-refractivity contribution >= 4 is 21.9 Å². The Hall–Kier alpha value is -2.55. The first kappa shape index (κ1) is 16.9. The number of rotatable bonds is 3. The normalized spacial score (nSPS) is 13.0. The van der Waals surface area contributed by atoms with Gasteiger partial charge in [-0.25, -0.2) is 4.98 Å². The monoisotopic (exact) mass is 345 g/mol. The lowest BCUT2D eigenvalue weighted by atomic mass is 9.84. The van der Waals surface area contributed by atoms with E-state index in [1.165, 1.54) is 27.4 Å². The average Bonchev–Trinajstić information content (AvgIpc) is 3.19. The molecular weight excluding hydrogens is 318 g/mol. The van der Waals surface area contributed by atoms with Gasteiger partial charge < -0.3 is 9.55 Å². The zero-order chi connectivity index (χ0) is 18.5. The molecule has 26 heavy (non-hydrogen) atoms. The number of nitrogens with one attached hydrogen (secondary N) is 1. The van der Waals surface area contributed by atoms with Gasteiger partial charge in [-0.2, -0.15) is 0 Å². The lowest BCUT2D eigenvalue weighted by molar-refractivity contribution is 0.442. The van der Waals surface area contributed by atoms with Crippen molar-refractivity contribution in [2.45, 2.75) is 52.0 Å². The molecule has 0 saturated heterocycles. The minimum Gasteiger partial charge on any atom is -0.347 e. The van der Waals surface area contributed by atoms with Crippen molar-refractivity contribution in [1.82, 2.24) is 14.5 Å². The fourth-order valence-electron chi connectivity index (χ4n) is 3.84. The van der Waals surface area contributed by atoms with E-state index in [2.05, 4.69) is 91.7 Å². The number of hydrogen-bond acceptors (Lipinski definition) is 1. The van der Waals surface area contributed by atoms with Crippen molar-refractivity contribution in [2.75, 3.05) is 0 Å². The van der Waals surface area contributed by atoms with E-state index < -0.39 is 0 Å². The molecule has 3 nitrogen and oxygen atoms in total. The Balaban J connectivity index is 1.74. The Labute approximate surface area is 155 Å². The highest BCUT2D eigenvalue weighted by molar-refractivity contribution is 5.84. The first-order valence-electron chi connectivity index (χ1n) is 9.28. The molecule has 0 atom stereocenters. The summed E-state index contributed by atoms with van der Waals surface area (Å²) >= 11 is 0. The van der Waals surface area contributed by atoms with E-state index >= 15 is 0 Å². The number of aromatic nitrogens is 3. The van der Waals surface area contributed by atoms with Crippen LogP contribution in [0.3, 0.4) is 0 Å². The first-order chi connectivity index (χ1) is 12.3. The third kappa shape index (κ3) is 2.82. The highest BCUT2D eigenvalue weighted by atomic mass is 15.0.